The van der Waals surface area contributed by atoms with Gasteiger partial charge in [-0.25, -0.2) is 0 Å². The van der Waals surface area contributed by atoms with Crippen molar-refractivity contribution in [3.63, 3.8) is 0 Å². The fraction of sp³-hybridized carbons (Fsp3) is 0.467. The van der Waals surface area contributed by atoms with E-state index in [4.69, 9.17) is 16.0 Å². The molecule has 0 aliphatic carbocycles. The molecule has 5 nitrogen and oxygen atoms in total. The lowest BCUT2D eigenvalue weighted by atomic mass is 10.0. The number of hydrogen-bond donors (Lipinski definition) is 1. The van der Waals surface area contributed by atoms with Crippen molar-refractivity contribution in [3.05, 3.63) is 35.2 Å². The van der Waals surface area contributed by atoms with Crippen LogP contribution in [0.15, 0.2) is 28.7 Å². The molecule has 2 heterocycles. The molecule has 21 heavy (non-hydrogen) atoms. The van der Waals surface area contributed by atoms with Crippen molar-refractivity contribution < 1.29 is 9.52 Å². The summed E-state index contributed by atoms with van der Waals surface area (Å²) in [7, 11) is 0. The predicted molar refractivity (Wildman–Crippen MR) is 79.9 cm³/mol. The van der Waals surface area contributed by atoms with Gasteiger partial charge >= 0.3 is 0 Å². The van der Waals surface area contributed by atoms with E-state index in [1.54, 1.807) is 6.07 Å². The van der Waals surface area contributed by atoms with E-state index in [1.807, 2.05) is 18.2 Å². The lowest BCUT2D eigenvalue weighted by Crippen LogP contribution is -2.41. The van der Waals surface area contributed by atoms with Gasteiger partial charge in [0, 0.05) is 16.6 Å². The van der Waals surface area contributed by atoms with Crippen LogP contribution in [0.3, 0.4) is 0 Å². The quantitative estimate of drug-likeness (QED) is 0.941. The van der Waals surface area contributed by atoms with Crippen LogP contribution < -0.4 is 0 Å². The molecule has 1 aromatic heterocycles. The molecule has 0 radical (unpaired) electrons. The third-order valence-corrected chi connectivity index (χ3v) is 4.07. The summed E-state index contributed by atoms with van der Waals surface area (Å²) in [6.07, 6.45) is 3.33. The van der Waals surface area contributed by atoms with Gasteiger partial charge in [0.2, 0.25) is 11.8 Å². The standard InChI is InChI=1S/C15H18ClN3O2/c16-12-5-3-4-11(8-12)15-18-17-14(21-15)9-19-7-2-1-6-13(19)10-20/h3-5,8,13,20H,1-2,6-7,9-10H2. The molecule has 112 valence electrons. The summed E-state index contributed by atoms with van der Waals surface area (Å²) < 4.78 is 5.72. The van der Waals surface area contributed by atoms with Gasteiger partial charge in [-0.15, -0.1) is 10.2 Å². The van der Waals surface area contributed by atoms with E-state index in [0.29, 0.717) is 23.3 Å². The van der Waals surface area contributed by atoms with Crippen molar-refractivity contribution in [2.24, 2.45) is 0 Å². The summed E-state index contributed by atoms with van der Waals surface area (Å²) in [5.41, 5.74) is 0.818. The van der Waals surface area contributed by atoms with Crippen LogP contribution in [0, 0.1) is 0 Å². The second kappa shape index (κ2) is 6.56. The first kappa shape index (κ1) is 14.5. The van der Waals surface area contributed by atoms with Crippen LogP contribution in [-0.4, -0.2) is 39.4 Å². The molecule has 1 aliphatic rings. The van der Waals surface area contributed by atoms with Gasteiger partial charge in [-0.3, -0.25) is 4.90 Å². The molecular formula is C15H18ClN3O2. The van der Waals surface area contributed by atoms with E-state index in [9.17, 15) is 5.11 Å². The molecule has 1 unspecified atom stereocenters. The highest BCUT2D eigenvalue weighted by Gasteiger charge is 2.23. The molecule has 1 atom stereocenters. The molecule has 6 heteroatoms. The van der Waals surface area contributed by atoms with Crippen LogP contribution in [0.4, 0.5) is 0 Å². The highest BCUT2D eigenvalue weighted by Crippen LogP contribution is 2.23. The number of rotatable bonds is 4. The van der Waals surface area contributed by atoms with E-state index in [2.05, 4.69) is 15.1 Å². The van der Waals surface area contributed by atoms with Gasteiger partial charge in [0.05, 0.1) is 13.2 Å². The number of aliphatic hydroxyl groups is 1. The van der Waals surface area contributed by atoms with Gasteiger partial charge in [-0.1, -0.05) is 24.1 Å². The molecule has 0 bridgehead atoms. The molecule has 1 fully saturated rings. The highest BCUT2D eigenvalue weighted by atomic mass is 35.5. The summed E-state index contributed by atoms with van der Waals surface area (Å²) in [5.74, 6) is 1.05. The van der Waals surface area contributed by atoms with Crippen molar-refractivity contribution >= 4 is 11.6 Å². The van der Waals surface area contributed by atoms with Crippen LogP contribution in [0.25, 0.3) is 11.5 Å². The van der Waals surface area contributed by atoms with E-state index >= 15 is 0 Å². The minimum Gasteiger partial charge on any atom is -0.419 e. The van der Waals surface area contributed by atoms with Crippen LogP contribution in [-0.2, 0) is 6.54 Å². The Morgan fingerprint density at radius 1 is 1.33 bits per heavy atom. The molecular weight excluding hydrogens is 290 g/mol. The van der Waals surface area contributed by atoms with Crippen molar-refractivity contribution in [3.8, 4) is 11.5 Å². The van der Waals surface area contributed by atoms with Crippen molar-refractivity contribution in [1.29, 1.82) is 0 Å². The zero-order valence-electron chi connectivity index (χ0n) is 11.7. The number of aliphatic hydroxyl groups excluding tert-OH is 1. The number of piperidine rings is 1. The first-order chi connectivity index (χ1) is 10.3. The van der Waals surface area contributed by atoms with Gasteiger partial charge in [0.1, 0.15) is 0 Å². The Morgan fingerprint density at radius 3 is 3.05 bits per heavy atom. The number of likely N-dealkylation sites (tertiary alicyclic amines) is 1. The van der Waals surface area contributed by atoms with E-state index in [1.165, 1.54) is 6.42 Å². The lowest BCUT2D eigenvalue weighted by molar-refractivity contribution is 0.0769. The molecule has 2 aromatic rings. The van der Waals surface area contributed by atoms with Crippen molar-refractivity contribution in [2.45, 2.75) is 31.8 Å². The molecule has 1 N–H and O–H groups in total. The Balaban J connectivity index is 1.73. The number of nitrogens with zero attached hydrogens (tertiary/aromatic N) is 3. The number of benzene rings is 1. The van der Waals surface area contributed by atoms with Crippen LogP contribution in [0.1, 0.15) is 25.2 Å². The average Bonchev–Trinajstić information content (AvgIpc) is 2.96. The fourth-order valence-electron chi connectivity index (χ4n) is 2.70. The topological polar surface area (TPSA) is 62.4 Å². The highest BCUT2D eigenvalue weighted by molar-refractivity contribution is 6.30. The molecule has 0 amide bonds. The van der Waals surface area contributed by atoms with E-state index in [0.717, 1.165) is 24.9 Å². The monoisotopic (exact) mass is 307 g/mol. The van der Waals surface area contributed by atoms with Gasteiger partial charge in [-0.2, -0.15) is 0 Å². The molecule has 1 aliphatic heterocycles. The zero-order valence-corrected chi connectivity index (χ0v) is 12.5. The number of hydrogen-bond acceptors (Lipinski definition) is 5. The summed E-state index contributed by atoms with van der Waals surface area (Å²) in [6, 6.07) is 7.55. The normalized spacial score (nSPS) is 19.8. The van der Waals surface area contributed by atoms with Gasteiger partial charge in [-0.05, 0) is 37.6 Å². The fourth-order valence-corrected chi connectivity index (χ4v) is 2.89. The smallest absolute Gasteiger partial charge is 0.247 e. The Hall–Kier alpha value is -1.43. The SMILES string of the molecule is OCC1CCCCN1Cc1nnc(-c2cccc(Cl)c2)o1. The van der Waals surface area contributed by atoms with E-state index < -0.39 is 0 Å². The van der Waals surface area contributed by atoms with Crippen molar-refractivity contribution in [2.75, 3.05) is 13.2 Å². The van der Waals surface area contributed by atoms with Crippen LogP contribution in [0.5, 0.6) is 0 Å². The van der Waals surface area contributed by atoms with Gasteiger partial charge in [0.25, 0.3) is 0 Å². The third kappa shape index (κ3) is 3.43. The molecule has 1 saturated heterocycles. The maximum Gasteiger partial charge on any atom is 0.247 e. The maximum atomic E-state index is 9.43. The average molecular weight is 308 g/mol. The Labute approximate surface area is 128 Å². The van der Waals surface area contributed by atoms with Crippen LogP contribution >= 0.6 is 11.6 Å². The summed E-state index contributed by atoms with van der Waals surface area (Å²) in [5, 5.41) is 18.3. The first-order valence-corrected chi connectivity index (χ1v) is 7.57. The second-order valence-electron chi connectivity index (χ2n) is 5.31. The first-order valence-electron chi connectivity index (χ1n) is 7.19. The predicted octanol–water partition coefficient (Wildman–Crippen LogP) is 2.74. The molecule has 0 spiro atoms. The number of aromatic nitrogens is 2. The number of halogens is 1. The van der Waals surface area contributed by atoms with E-state index in [-0.39, 0.29) is 12.6 Å². The molecule has 1 aromatic carbocycles. The Morgan fingerprint density at radius 2 is 2.24 bits per heavy atom. The third-order valence-electron chi connectivity index (χ3n) is 3.84. The molecule has 3 rings (SSSR count). The summed E-state index contributed by atoms with van der Waals surface area (Å²) >= 11 is 5.97. The lowest BCUT2D eigenvalue weighted by Gasteiger charge is -2.33. The summed E-state index contributed by atoms with van der Waals surface area (Å²) in [6.45, 7) is 1.72. The van der Waals surface area contributed by atoms with Gasteiger partial charge < -0.3 is 9.52 Å². The maximum absolute atomic E-state index is 9.43. The molecule has 0 saturated carbocycles. The Bertz CT molecular complexity index is 602. The zero-order chi connectivity index (χ0) is 14.7. The van der Waals surface area contributed by atoms with Crippen molar-refractivity contribution in [1.82, 2.24) is 15.1 Å². The second-order valence-corrected chi connectivity index (χ2v) is 5.75. The van der Waals surface area contributed by atoms with Gasteiger partial charge in [0.15, 0.2) is 0 Å². The largest absolute Gasteiger partial charge is 0.419 e. The minimum absolute atomic E-state index is 0.176. The van der Waals surface area contributed by atoms with Crippen LogP contribution in [0.2, 0.25) is 5.02 Å². The summed E-state index contributed by atoms with van der Waals surface area (Å²) in [4.78, 5) is 2.21. The minimum atomic E-state index is 0.176. The Kier molecular flexibility index (Phi) is 4.53.